The number of likely N-dealkylation sites (tertiary alicyclic amines) is 1. The van der Waals surface area contributed by atoms with Gasteiger partial charge >= 0.3 is 0 Å². The third-order valence-corrected chi connectivity index (χ3v) is 5.26. The summed E-state index contributed by atoms with van der Waals surface area (Å²) in [6.45, 7) is 6.36. The number of aromatic nitrogens is 2. The largest absolute Gasteiger partial charge is 0.364 e. The first-order valence-electron chi connectivity index (χ1n) is 9.11. The Morgan fingerprint density at radius 3 is 3.08 bits per heavy atom. The van der Waals surface area contributed by atoms with Crippen LogP contribution in [0, 0.1) is 19.8 Å². The van der Waals surface area contributed by atoms with Gasteiger partial charge in [0.05, 0.1) is 23.2 Å². The number of pyridine rings is 1. The van der Waals surface area contributed by atoms with Crippen molar-refractivity contribution in [3.8, 4) is 0 Å². The molecule has 26 heavy (non-hydrogen) atoms. The van der Waals surface area contributed by atoms with Gasteiger partial charge < -0.3 is 14.6 Å². The molecule has 138 valence electrons. The van der Waals surface area contributed by atoms with E-state index < -0.39 is 0 Å². The maximum Gasteiger partial charge on any atom is 0.253 e. The van der Waals surface area contributed by atoms with Crippen LogP contribution >= 0.6 is 0 Å². The number of anilines is 1. The molecule has 4 rings (SSSR count). The average Bonchev–Trinajstić information content (AvgIpc) is 3.22. The molecule has 1 N–H and O–H groups in total. The van der Waals surface area contributed by atoms with Crippen LogP contribution in [0.25, 0.3) is 0 Å². The predicted octanol–water partition coefficient (Wildman–Crippen LogP) is 2.30. The van der Waals surface area contributed by atoms with Crippen molar-refractivity contribution in [2.45, 2.75) is 45.4 Å². The second-order valence-electron chi connectivity index (χ2n) is 7.24. The summed E-state index contributed by atoms with van der Waals surface area (Å²) in [5.74, 6) is 1.19. The van der Waals surface area contributed by atoms with E-state index in [9.17, 15) is 4.79 Å². The fourth-order valence-electron chi connectivity index (χ4n) is 3.86. The summed E-state index contributed by atoms with van der Waals surface area (Å²) in [5, 5.41) is 7.02. The van der Waals surface area contributed by atoms with Crippen molar-refractivity contribution in [1.29, 1.82) is 0 Å². The molecule has 3 atom stereocenters. The summed E-state index contributed by atoms with van der Waals surface area (Å²) in [6, 6.07) is 5.65. The fraction of sp³-hybridized carbons (Fsp3) is 0.526. The number of hydrogen-bond donors (Lipinski definition) is 1. The number of rotatable bonds is 4. The summed E-state index contributed by atoms with van der Waals surface area (Å²) in [4.78, 5) is 19.1. The lowest BCUT2D eigenvalue weighted by Gasteiger charge is -2.33. The fourth-order valence-corrected chi connectivity index (χ4v) is 3.86. The zero-order valence-corrected chi connectivity index (χ0v) is 15.1. The maximum absolute atomic E-state index is 12.6. The van der Waals surface area contributed by atoms with Gasteiger partial charge in [-0.2, -0.15) is 0 Å². The van der Waals surface area contributed by atoms with Gasteiger partial charge in [-0.25, -0.2) is 0 Å². The van der Waals surface area contributed by atoms with Crippen LogP contribution < -0.4 is 5.32 Å². The Hall–Kier alpha value is -2.25. The number of carbonyl (C=O) groups excluding carboxylic acids is 1. The van der Waals surface area contributed by atoms with Crippen LogP contribution in [0.3, 0.4) is 0 Å². The van der Waals surface area contributed by atoms with Gasteiger partial charge in [0.1, 0.15) is 11.9 Å². The SMILES string of the molecule is Cc1cc(CN2CC[C@H]3C[C@@H](C(=O)Nc4cccnc4C)O[C@@H]3C2)no1. The number of piperidine rings is 1. The van der Waals surface area contributed by atoms with Crippen LogP contribution in [0.15, 0.2) is 28.9 Å². The molecule has 0 unspecified atom stereocenters. The summed E-state index contributed by atoms with van der Waals surface area (Å²) in [5.41, 5.74) is 2.50. The number of fused-ring (bicyclic) bond motifs is 1. The number of amides is 1. The van der Waals surface area contributed by atoms with Crippen molar-refractivity contribution >= 4 is 11.6 Å². The smallest absolute Gasteiger partial charge is 0.253 e. The first-order chi connectivity index (χ1) is 12.6. The minimum Gasteiger partial charge on any atom is -0.364 e. The van der Waals surface area contributed by atoms with Crippen molar-refractivity contribution in [2.24, 2.45) is 5.92 Å². The highest BCUT2D eigenvalue weighted by molar-refractivity contribution is 5.94. The number of aryl methyl sites for hydroxylation is 2. The molecule has 0 spiro atoms. The van der Waals surface area contributed by atoms with Crippen molar-refractivity contribution in [3.05, 3.63) is 41.5 Å². The van der Waals surface area contributed by atoms with E-state index in [1.807, 2.05) is 32.0 Å². The highest BCUT2D eigenvalue weighted by Gasteiger charge is 2.42. The van der Waals surface area contributed by atoms with Crippen LogP contribution in [0.5, 0.6) is 0 Å². The van der Waals surface area contributed by atoms with Crippen LogP contribution in [0.4, 0.5) is 5.69 Å². The zero-order valence-electron chi connectivity index (χ0n) is 15.1. The van der Waals surface area contributed by atoms with Crippen LogP contribution in [0.1, 0.15) is 30.0 Å². The van der Waals surface area contributed by atoms with Crippen molar-refractivity contribution in [1.82, 2.24) is 15.0 Å². The second kappa shape index (κ2) is 7.17. The molecule has 1 amide bonds. The van der Waals surface area contributed by atoms with Gasteiger partial charge in [0.25, 0.3) is 5.91 Å². The van der Waals surface area contributed by atoms with E-state index in [-0.39, 0.29) is 18.1 Å². The van der Waals surface area contributed by atoms with E-state index in [0.717, 1.165) is 55.3 Å². The standard InChI is InChI=1S/C19H24N4O3/c1-12-8-15(22-26-12)10-23-7-5-14-9-17(25-18(14)11-23)19(24)21-16-4-3-6-20-13(16)2/h3-4,6,8,14,17-18H,5,7,9-11H2,1-2H3,(H,21,24)/t14-,17-,18+/m0/s1. The van der Waals surface area contributed by atoms with Gasteiger partial charge in [-0.1, -0.05) is 5.16 Å². The van der Waals surface area contributed by atoms with Gasteiger partial charge in [-0.15, -0.1) is 0 Å². The molecule has 0 radical (unpaired) electrons. The summed E-state index contributed by atoms with van der Waals surface area (Å²) < 4.78 is 11.2. The highest BCUT2D eigenvalue weighted by Crippen LogP contribution is 2.34. The van der Waals surface area contributed by atoms with Crippen molar-refractivity contribution in [3.63, 3.8) is 0 Å². The quantitative estimate of drug-likeness (QED) is 0.905. The number of hydrogen-bond acceptors (Lipinski definition) is 6. The van der Waals surface area contributed by atoms with E-state index in [0.29, 0.717) is 5.92 Å². The molecule has 7 nitrogen and oxygen atoms in total. The van der Waals surface area contributed by atoms with Crippen LogP contribution in [-0.4, -0.2) is 46.2 Å². The lowest BCUT2D eigenvalue weighted by atomic mass is 9.91. The predicted molar refractivity (Wildman–Crippen MR) is 95.5 cm³/mol. The Morgan fingerprint density at radius 2 is 2.31 bits per heavy atom. The molecule has 2 aliphatic rings. The van der Waals surface area contributed by atoms with Crippen molar-refractivity contribution in [2.75, 3.05) is 18.4 Å². The molecule has 2 aromatic rings. The lowest BCUT2D eigenvalue weighted by molar-refractivity contribution is -0.127. The molecule has 4 heterocycles. The molecule has 2 fully saturated rings. The molecule has 0 bridgehead atoms. The van der Waals surface area contributed by atoms with Crippen LogP contribution in [0.2, 0.25) is 0 Å². The normalized spacial score (nSPS) is 25.8. The topological polar surface area (TPSA) is 80.5 Å². The third-order valence-electron chi connectivity index (χ3n) is 5.26. The molecule has 2 saturated heterocycles. The summed E-state index contributed by atoms with van der Waals surface area (Å²) in [7, 11) is 0. The molecular weight excluding hydrogens is 332 g/mol. The van der Waals surface area contributed by atoms with Gasteiger partial charge in [-0.05, 0) is 51.3 Å². The van der Waals surface area contributed by atoms with Gasteiger partial charge in [-0.3, -0.25) is 14.7 Å². The molecule has 7 heteroatoms. The van der Waals surface area contributed by atoms with E-state index in [1.165, 1.54) is 0 Å². The summed E-state index contributed by atoms with van der Waals surface area (Å²) >= 11 is 0. The molecule has 0 aliphatic carbocycles. The molecular formula is C19H24N4O3. The number of carbonyl (C=O) groups is 1. The molecule has 0 saturated carbocycles. The van der Waals surface area contributed by atoms with Gasteiger partial charge in [0.15, 0.2) is 0 Å². The third kappa shape index (κ3) is 3.64. The Morgan fingerprint density at radius 1 is 1.42 bits per heavy atom. The first kappa shape index (κ1) is 17.2. The van der Waals surface area contributed by atoms with Crippen molar-refractivity contribution < 1.29 is 14.1 Å². The minimum absolute atomic E-state index is 0.0748. The summed E-state index contributed by atoms with van der Waals surface area (Å²) in [6.07, 6.45) is 3.25. The first-order valence-corrected chi connectivity index (χ1v) is 9.11. The maximum atomic E-state index is 12.6. The number of nitrogens with one attached hydrogen (secondary N) is 1. The highest BCUT2D eigenvalue weighted by atomic mass is 16.5. The average molecular weight is 356 g/mol. The number of nitrogens with zero attached hydrogens (tertiary/aromatic N) is 3. The van der Waals surface area contributed by atoms with Crippen LogP contribution in [-0.2, 0) is 16.1 Å². The Bertz CT molecular complexity index is 791. The monoisotopic (exact) mass is 356 g/mol. The minimum atomic E-state index is -0.390. The second-order valence-corrected chi connectivity index (χ2v) is 7.24. The molecule has 2 aromatic heterocycles. The number of ether oxygens (including phenoxy) is 1. The van der Waals surface area contributed by atoms with E-state index in [2.05, 4.69) is 20.4 Å². The molecule has 0 aromatic carbocycles. The van der Waals surface area contributed by atoms with E-state index >= 15 is 0 Å². The van der Waals surface area contributed by atoms with Gasteiger partial charge in [0.2, 0.25) is 0 Å². The molecule has 2 aliphatic heterocycles. The van der Waals surface area contributed by atoms with Gasteiger partial charge in [0, 0.05) is 25.4 Å². The van der Waals surface area contributed by atoms with E-state index in [4.69, 9.17) is 9.26 Å². The Labute approximate surface area is 152 Å². The lowest BCUT2D eigenvalue weighted by Crippen LogP contribution is -2.42. The zero-order chi connectivity index (χ0) is 18.1. The Balaban J connectivity index is 1.34. The van der Waals surface area contributed by atoms with E-state index in [1.54, 1.807) is 6.20 Å². The Kier molecular flexibility index (Phi) is 4.74.